The monoisotopic (exact) mass is 417 g/mol. The molecule has 1 saturated carbocycles. The van der Waals surface area contributed by atoms with Crippen LogP contribution >= 0.6 is 0 Å². The summed E-state index contributed by atoms with van der Waals surface area (Å²) in [5, 5.41) is 28.4. The number of nitrogens with two attached hydrogens (primary N) is 2. The lowest BCUT2D eigenvalue weighted by atomic mass is 9.77. The number of nitrogens with one attached hydrogen (secondary N) is 2. The Morgan fingerprint density at radius 1 is 1.10 bits per heavy atom. The molecule has 0 spiro atoms. The van der Waals surface area contributed by atoms with Crippen molar-refractivity contribution in [3.05, 3.63) is 62.0 Å². The van der Waals surface area contributed by atoms with E-state index in [1.54, 1.807) is 18.2 Å². The number of hydrogen-bond acceptors (Lipinski definition) is 7. The number of rotatable bonds is 7. The van der Waals surface area contributed by atoms with Gasteiger partial charge in [0.25, 0.3) is 5.69 Å². The topological polar surface area (TPSA) is 175 Å². The SMILES string of the molecule is NCC1CCC(CC2(N)NC(=NCc3ccccc3[N+](=O)[O-])NC=C2[N+](=O)[O-])CC1. The van der Waals surface area contributed by atoms with Crippen LogP contribution in [0.15, 0.2) is 41.2 Å². The van der Waals surface area contributed by atoms with Gasteiger partial charge in [-0.3, -0.25) is 26.0 Å². The van der Waals surface area contributed by atoms with Gasteiger partial charge < -0.3 is 16.4 Å². The summed E-state index contributed by atoms with van der Waals surface area (Å²) >= 11 is 0. The molecule has 11 nitrogen and oxygen atoms in total. The molecule has 1 aromatic rings. The van der Waals surface area contributed by atoms with Gasteiger partial charge >= 0.3 is 5.70 Å². The van der Waals surface area contributed by atoms with Crippen LogP contribution in [0.1, 0.15) is 37.7 Å². The highest BCUT2D eigenvalue weighted by Crippen LogP contribution is 2.34. The maximum atomic E-state index is 11.6. The van der Waals surface area contributed by atoms with Crippen molar-refractivity contribution in [2.75, 3.05) is 6.54 Å². The third-order valence-corrected chi connectivity index (χ3v) is 5.85. The first-order chi connectivity index (χ1) is 14.3. The van der Waals surface area contributed by atoms with Crippen molar-refractivity contribution in [2.45, 2.75) is 44.3 Å². The third-order valence-electron chi connectivity index (χ3n) is 5.85. The summed E-state index contributed by atoms with van der Waals surface area (Å²) in [5.74, 6) is 0.986. The van der Waals surface area contributed by atoms with E-state index in [-0.39, 0.29) is 29.8 Å². The van der Waals surface area contributed by atoms with Gasteiger partial charge in [-0.05, 0) is 50.5 Å². The van der Waals surface area contributed by atoms with Crippen LogP contribution in [0.25, 0.3) is 0 Å². The summed E-state index contributed by atoms with van der Waals surface area (Å²) in [4.78, 5) is 26.1. The zero-order valence-electron chi connectivity index (χ0n) is 16.6. The Morgan fingerprint density at radius 3 is 2.40 bits per heavy atom. The van der Waals surface area contributed by atoms with E-state index in [1.165, 1.54) is 12.3 Å². The second kappa shape index (κ2) is 9.18. The van der Waals surface area contributed by atoms with Gasteiger partial charge in [-0.2, -0.15) is 0 Å². The number of guanidine groups is 1. The molecule has 1 aromatic carbocycles. The average Bonchev–Trinajstić information content (AvgIpc) is 2.72. The molecule has 30 heavy (non-hydrogen) atoms. The molecule has 162 valence electrons. The molecule has 1 aliphatic heterocycles. The van der Waals surface area contributed by atoms with Crippen molar-refractivity contribution in [3.8, 4) is 0 Å². The van der Waals surface area contributed by atoms with Crippen molar-refractivity contribution < 1.29 is 9.85 Å². The van der Waals surface area contributed by atoms with Gasteiger partial charge in [0.15, 0.2) is 11.6 Å². The predicted molar refractivity (Wildman–Crippen MR) is 112 cm³/mol. The molecule has 1 unspecified atom stereocenters. The van der Waals surface area contributed by atoms with Crippen LogP contribution in [0.4, 0.5) is 5.69 Å². The minimum atomic E-state index is -1.38. The van der Waals surface area contributed by atoms with E-state index < -0.39 is 15.5 Å². The molecule has 0 amide bonds. The van der Waals surface area contributed by atoms with E-state index in [1.807, 2.05) is 0 Å². The zero-order valence-corrected chi connectivity index (χ0v) is 16.6. The molecule has 1 aliphatic carbocycles. The zero-order chi connectivity index (χ0) is 21.7. The molecule has 11 heteroatoms. The summed E-state index contributed by atoms with van der Waals surface area (Å²) in [7, 11) is 0. The number of para-hydroxylation sites is 1. The van der Waals surface area contributed by atoms with Gasteiger partial charge in [0.05, 0.1) is 28.2 Å². The lowest BCUT2D eigenvalue weighted by Crippen LogP contribution is -2.64. The molecular formula is C19H27N7O4. The highest BCUT2D eigenvalue weighted by Gasteiger charge is 2.44. The average molecular weight is 417 g/mol. The van der Waals surface area contributed by atoms with Crippen LogP contribution in [0, 0.1) is 32.1 Å². The summed E-state index contributed by atoms with van der Waals surface area (Å²) in [6.45, 7) is 0.691. The second-order valence-corrected chi connectivity index (χ2v) is 7.90. The van der Waals surface area contributed by atoms with Crippen molar-refractivity contribution in [1.29, 1.82) is 0 Å². The molecule has 6 N–H and O–H groups in total. The largest absolute Gasteiger partial charge is 0.330 e. The van der Waals surface area contributed by atoms with Crippen molar-refractivity contribution in [1.82, 2.24) is 10.6 Å². The Bertz CT molecular complexity index is 864. The molecule has 2 aliphatic rings. The molecule has 1 atom stereocenters. The number of aliphatic imine (C=N–C) groups is 1. The van der Waals surface area contributed by atoms with E-state index in [2.05, 4.69) is 15.6 Å². The first kappa shape index (κ1) is 21.7. The Morgan fingerprint density at radius 2 is 1.77 bits per heavy atom. The van der Waals surface area contributed by atoms with Crippen LogP contribution in [0.5, 0.6) is 0 Å². The molecule has 3 rings (SSSR count). The van der Waals surface area contributed by atoms with Gasteiger partial charge in [-0.25, -0.2) is 4.99 Å². The van der Waals surface area contributed by atoms with Crippen LogP contribution in [-0.4, -0.2) is 28.0 Å². The first-order valence-electron chi connectivity index (χ1n) is 9.98. The van der Waals surface area contributed by atoms with Gasteiger partial charge in [-0.15, -0.1) is 0 Å². The summed E-state index contributed by atoms with van der Waals surface area (Å²) in [6, 6.07) is 6.31. The van der Waals surface area contributed by atoms with E-state index in [0.29, 0.717) is 24.4 Å². The maximum absolute atomic E-state index is 11.6. The van der Waals surface area contributed by atoms with Crippen LogP contribution < -0.4 is 22.1 Å². The Kier molecular flexibility index (Phi) is 6.63. The van der Waals surface area contributed by atoms with Gasteiger partial charge in [-0.1, -0.05) is 18.2 Å². The Balaban J connectivity index is 1.76. The fraction of sp³-hybridized carbons (Fsp3) is 0.526. The molecule has 1 fully saturated rings. The molecule has 0 bridgehead atoms. The number of nitrogens with zero attached hydrogens (tertiary/aromatic N) is 3. The number of nitro benzene ring substituents is 1. The van der Waals surface area contributed by atoms with Crippen LogP contribution in [0.2, 0.25) is 0 Å². The van der Waals surface area contributed by atoms with E-state index in [4.69, 9.17) is 11.5 Å². The van der Waals surface area contributed by atoms with E-state index in [9.17, 15) is 20.2 Å². The van der Waals surface area contributed by atoms with Gasteiger partial charge in [0.1, 0.15) is 0 Å². The van der Waals surface area contributed by atoms with Crippen molar-refractivity contribution in [3.63, 3.8) is 0 Å². The second-order valence-electron chi connectivity index (χ2n) is 7.90. The summed E-state index contributed by atoms with van der Waals surface area (Å²) < 4.78 is 0. The Labute approximate surface area is 173 Å². The number of hydrogen-bond donors (Lipinski definition) is 4. The number of benzene rings is 1. The number of nitro groups is 2. The highest BCUT2D eigenvalue weighted by atomic mass is 16.6. The predicted octanol–water partition coefficient (Wildman–Crippen LogP) is 1.57. The minimum absolute atomic E-state index is 0.0325. The molecule has 0 radical (unpaired) electrons. The fourth-order valence-corrected chi connectivity index (χ4v) is 4.15. The van der Waals surface area contributed by atoms with Crippen molar-refractivity contribution in [2.24, 2.45) is 28.3 Å². The smallest absolute Gasteiger partial charge is 0.301 e. The fourth-order valence-electron chi connectivity index (χ4n) is 4.15. The summed E-state index contributed by atoms with van der Waals surface area (Å²) in [6.07, 6.45) is 5.47. The lowest BCUT2D eigenvalue weighted by Gasteiger charge is -2.37. The summed E-state index contributed by atoms with van der Waals surface area (Å²) in [5.41, 5.74) is 11.1. The lowest BCUT2D eigenvalue weighted by molar-refractivity contribution is -0.437. The highest BCUT2D eigenvalue weighted by molar-refractivity contribution is 5.83. The first-order valence-corrected chi connectivity index (χ1v) is 9.98. The van der Waals surface area contributed by atoms with E-state index >= 15 is 0 Å². The van der Waals surface area contributed by atoms with Crippen LogP contribution in [-0.2, 0) is 6.54 Å². The van der Waals surface area contributed by atoms with Gasteiger partial charge in [0.2, 0.25) is 0 Å². The maximum Gasteiger partial charge on any atom is 0.301 e. The molecule has 0 aromatic heterocycles. The standard InChI is InChI=1S/C19H27N7O4/c20-10-14-7-5-13(6-8-14)9-19(21)17(26(29)30)12-23-18(24-19)22-11-15-3-1-2-4-16(15)25(27)28/h1-4,12-14H,5-11,20-21H2,(H2,22,23,24). The normalized spacial score (nSPS) is 27.7. The Hall–Kier alpha value is -3.05. The van der Waals surface area contributed by atoms with Crippen molar-refractivity contribution >= 4 is 11.6 Å². The third kappa shape index (κ3) is 4.92. The molecule has 0 saturated heterocycles. The van der Waals surface area contributed by atoms with Crippen LogP contribution in [0.3, 0.4) is 0 Å². The quantitative estimate of drug-likeness (QED) is 0.382. The van der Waals surface area contributed by atoms with E-state index in [0.717, 1.165) is 25.7 Å². The molecule has 1 heterocycles. The minimum Gasteiger partial charge on any atom is -0.330 e. The molecular weight excluding hydrogens is 390 g/mol. The van der Waals surface area contributed by atoms with Gasteiger partial charge in [0, 0.05) is 6.07 Å².